The molecular formula is C34H49N2O5+. The van der Waals surface area contributed by atoms with Gasteiger partial charge in [-0.3, -0.25) is 4.79 Å². The van der Waals surface area contributed by atoms with Crippen LogP contribution in [0.2, 0.25) is 0 Å². The molecule has 5 N–H and O–H groups in total. The van der Waals surface area contributed by atoms with E-state index in [4.69, 9.17) is 9.84 Å². The van der Waals surface area contributed by atoms with Gasteiger partial charge in [0.2, 0.25) is 0 Å². The minimum absolute atomic E-state index is 0.0559. The Kier molecular flexibility index (Phi) is 11.6. The number of carbonyl (C=O) groups excluding carboxylic acids is 1. The molecule has 0 unspecified atom stereocenters. The highest BCUT2D eigenvalue weighted by atomic mass is 16.5. The van der Waals surface area contributed by atoms with Crippen LogP contribution in [-0.2, 0) is 9.53 Å². The molecule has 0 saturated heterocycles. The van der Waals surface area contributed by atoms with E-state index in [1.54, 1.807) is 13.8 Å². The lowest BCUT2D eigenvalue weighted by Gasteiger charge is -2.27. The number of carboxylic acid groups (broad SMARTS) is 1. The zero-order chi connectivity index (χ0) is 29.2. The third-order valence-electron chi connectivity index (χ3n) is 8.99. The topological polar surface area (TPSA) is 112 Å². The zero-order valence-electron chi connectivity index (χ0n) is 24.8. The molecule has 2 atom stereocenters. The van der Waals surface area contributed by atoms with Gasteiger partial charge in [-0.15, -0.1) is 0 Å². The fourth-order valence-electron chi connectivity index (χ4n) is 6.83. The average molecular weight is 566 g/mol. The molecule has 2 saturated carbocycles. The molecule has 2 fully saturated rings. The van der Waals surface area contributed by atoms with Crippen molar-refractivity contribution in [1.29, 1.82) is 0 Å². The summed E-state index contributed by atoms with van der Waals surface area (Å²) >= 11 is 0. The van der Waals surface area contributed by atoms with E-state index in [1.165, 1.54) is 64.2 Å². The van der Waals surface area contributed by atoms with Crippen LogP contribution in [0.4, 0.5) is 4.79 Å². The van der Waals surface area contributed by atoms with Crippen molar-refractivity contribution in [3.63, 3.8) is 0 Å². The van der Waals surface area contributed by atoms with Crippen molar-refractivity contribution in [1.82, 2.24) is 5.32 Å². The number of hydrogen-bond acceptors (Lipinski definition) is 4. The number of quaternary nitrogens is 1. The maximum atomic E-state index is 12.3. The first-order valence-electron chi connectivity index (χ1n) is 15.7. The number of rotatable bonds is 9. The fraction of sp³-hybridized carbons (Fsp3) is 0.588. The molecule has 5 rings (SSSR count). The molecule has 0 aliphatic heterocycles. The molecule has 1 amide bonds. The van der Waals surface area contributed by atoms with Crippen molar-refractivity contribution >= 4 is 12.1 Å². The van der Waals surface area contributed by atoms with Gasteiger partial charge in [0.15, 0.2) is 0 Å². The molecule has 2 aromatic rings. The highest BCUT2D eigenvalue weighted by molar-refractivity contribution is 5.79. The predicted molar refractivity (Wildman–Crippen MR) is 161 cm³/mol. The number of aliphatic carboxylic acids is 1. The molecular weight excluding hydrogens is 516 g/mol. The van der Waals surface area contributed by atoms with Gasteiger partial charge in [0.25, 0.3) is 0 Å². The second kappa shape index (κ2) is 15.4. The van der Waals surface area contributed by atoms with E-state index in [0.717, 1.165) is 34.3 Å². The molecule has 3 aliphatic carbocycles. The van der Waals surface area contributed by atoms with Crippen LogP contribution >= 0.6 is 0 Å². The molecule has 0 heterocycles. The molecule has 0 spiro atoms. The minimum atomic E-state index is -1.18. The zero-order valence-corrected chi connectivity index (χ0v) is 24.8. The Hall–Kier alpha value is -2.90. The van der Waals surface area contributed by atoms with Crippen molar-refractivity contribution < 1.29 is 29.9 Å². The minimum Gasteiger partial charge on any atom is -0.481 e. The summed E-state index contributed by atoms with van der Waals surface area (Å²) < 4.78 is 5.47. The fourth-order valence-corrected chi connectivity index (χ4v) is 6.83. The number of ether oxygens (including phenoxy) is 1. The van der Waals surface area contributed by atoms with Crippen molar-refractivity contribution in [2.75, 3.05) is 6.61 Å². The Morgan fingerprint density at radius 2 is 1.34 bits per heavy atom. The van der Waals surface area contributed by atoms with Gasteiger partial charge in [0.05, 0.1) is 30.7 Å². The Morgan fingerprint density at radius 3 is 1.80 bits per heavy atom. The van der Waals surface area contributed by atoms with Gasteiger partial charge in [0.1, 0.15) is 6.61 Å². The number of aliphatic hydroxyl groups is 1. The van der Waals surface area contributed by atoms with E-state index in [9.17, 15) is 14.7 Å². The summed E-state index contributed by atoms with van der Waals surface area (Å²) in [5, 5.41) is 24.3. The molecule has 224 valence electrons. The lowest BCUT2D eigenvalue weighted by atomic mass is 9.91. The van der Waals surface area contributed by atoms with Crippen LogP contribution in [0.1, 0.15) is 102 Å². The standard InChI is InChI=1S/C22H25NO5.C12H23N/c1-13(2)21(19(24)11-20(25)26)23-22(27)28-12-18-16-9-5-3-7-14(16)15-8-4-6-10-17(15)18;1-3-7-11(8-4-1)13-12-9-5-2-6-10-12/h3-10,13,18-19,21,24H,11-12H2,1-2H3,(H,23,27)(H,25,26);11-13H,1-10H2/p+1/t19-,21-;/m0./s1. The smallest absolute Gasteiger partial charge is 0.407 e. The average Bonchev–Trinajstić information content (AvgIpc) is 3.29. The predicted octanol–water partition coefficient (Wildman–Crippen LogP) is 5.60. The largest absolute Gasteiger partial charge is 0.481 e. The number of amides is 1. The summed E-state index contributed by atoms with van der Waals surface area (Å²) in [6.07, 6.45) is 12.7. The maximum absolute atomic E-state index is 12.3. The molecule has 2 aromatic carbocycles. The number of benzene rings is 2. The van der Waals surface area contributed by atoms with Crippen LogP contribution in [0.3, 0.4) is 0 Å². The monoisotopic (exact) mass is 565 g/mol. The summed E-state index contributed by atoms with van der Waals surface area (Å²) in [7, 11) is 0. The van der Waals surface area contributed by atoms with E-state index < -0.39 is 30.6 Å². The van der Waals surface area contributed by atoms with Crippen molar-refractivity contribution in [3.8, 4) is 11.1 Å². The van der Waals surface area contributed by atoms with Crippen LogP contribution < -0.4 is 10.6 Å². The molecule has 0 bridgehead atoms. The van der Waals surface area contributed by atoms with E-state index in [0.29, 0.717) is 0 Å². The van der Waals surface area contributed by atoms with E-state index in [2.05, 4.69) is 22.8 Å². The second-order valence-electron chi connectivity index (χ2n) is 12.4. The number of fused-ring (bicyclic) bond motifs is 3. The highest BCUT2D eigenvalue weighted by Crippen LogP contribution is 2.44. The van der Waals surface area contributed by atoms with Crippen LogP contribution in [0.25, 0.3) is 11.1 Å². The van der Waals surface area contributed by atoms with Gasteiger partial charge >= 0.3 is 12.1 Å². The third-order valence-corrected chi connectivity index (χ3v) is 8.99. The summed E-state index contributed by atoms with van der Waals surface area (Å²) in [5.41, 5.74) is 4.51. The first kappa shape index (κ1) is 31.0. The third kappa shape index (κ3) is 8.79. The molecule has 0 aromatic heterocycles. The number of alkyl carbamates (subject to hydrolysis) is 1. The molecule has 7 nitrogen and oxygen atoms in total. The lowest BCUT2D eigenvalue weighted by Crippen LogP contribution is -2.95. The van der Waals surface area contributed by atoms with Gasteiger partial charge in [-0.25, -0.2) is 4.79 Å². The SMILES string of the molecule is C1CCC([NH2+]C2CCCCC2)CC1.CC(C)[C@H](NC(=O)OCC1c2ccccc2-c2ccccc21)[C@@H](O)CC(=O)O. The number of nitrogens with one attached hydrogen (secondary N) is 1. The van der Waals surface area contributed by atoms with Gasteiger partial charge in [-0.2, -0.15) is 0 Å². The Bertz CT molecular complexity index is 1060. The maximum Gasteiger partial charge on any atom is 0.407 e. The number of nitrogens with two attached hydrogens (primary N) is 1. The molecule has 7 heteroatoms. The summed E-state index contributed by atoms with van der Waals surface area (Å²) in [5.74, 6) is -1.32. The van der Waals surface area contributed by atoms with Crippen molar-refractivity contribution in [2.24, 2.45) is 5.92 Å². The summed E-state index contributed by atoms with van der Waals surface area (Å²) in [6.45, 7) is 3.78. The number of carboxylic acids is 1. The lowest BCUT2D eigenvalue weighted by molar-refractivity contribution is -0.725. The van der Waals surface area contributed by atoms with Crippen LogP contribution in [0.15, 0.2) is 48.5 Å². The molecule has 0 radical (unpaired) electrons. The second-order valence-corrected chi connectivity index (χ2v) is 12.4. The van der Waals surface area contributed by atoms with Crippen LogP contribution in [0.5, 0.6) is 0 Å². The van der Waals surface area contributed by atoms with Crippen molar-refractivity contribution in [3.05, 3.63) is 59.7 Å². The van der Waals surface area contributed by atoms with Gasteiger partial charge in [-0.05, 0) is 79.5 Å². The molecule has 3 aliphatic rings. The highest BCUT2D eigenvalue weighted by Gasteiger charge is 2.31. The molecule has 41 heavy (non-hydrogen) atoms. The Balaban J connectivity index is 0.000000247. The normalized spacial score (nSPS) is 18.9. The quantitative estimate of drug-likeness (QED) is 0.316. The van der Waals surface area contributed by atoms with Crippen LogP contribution in [-0.4, -0.2) is 53.1 Å². The number of aliphatic hydroxyl groups excluding tert-OH is 1. The number of hydrogen-bond donors (Lipinski definition) is 4. The van der Waals surface area contributed by atoms with Gasteiger partial charge in [-0.1, -0.05) is 75.2 Å². The van der Waals surface area contributed by atoms with Crippen molar-refractivity contribution in [2.45, 2.75) is 115 Å². The van der Waals surface area contributed by atoms with E-state index >= 15 is 0 Å². The Morgan fingerprint density at radius 1 is 0.854 bits per heavy atom. The van der Waals surface area contributed by atoms with Crippen LogP contribution in [0, 0.1) is 5.92 Å². The summed E-state index contributed by atoms with van der Waals surface area (Å²) in [4.78, 5) is 23.2. The number of carbonyl (C=O) groups is 2. The summed E-state index contributed by atoms with van der Waals surface area (Å²) in [6, 6.07) is 17.4. The van der Waals surface area contributed by atoms with E-state index in [-0.39, 0.29) is 18.4 Å². The van der Waals surface area contributed by atoms with Gasteiger partial charge < -0.3 is 25.6 Å². The van der Waals surface area contributed by atoms with E-state index in [1.807, 2.05) is 36.4 Å². The first-order chi connectivity index (χ1) is 19.8. The first-order valence-corrected chi connectivity index (χ1v) is 15.7. The van der Waals surface area contributed by atoms with Gasteiger partial charge in [0, 0.05) is 5.92 Å². The Labute approximate surface area is 245 Å².